The summed E-state index contributed by atoms with van der Waals surface area (Å²) in [6, 6.07) is 20.9. The number of nitrogens with one attached hydrogen (secondary N) is 1. The van der Waals surface area contributed by atoms with Crippen molar-refractivity contribution in [3.05, 3.63) is 83.4 Å². The molecule has 1 heterocycles. The maximum Gasteiger partial charge on any atom is 0.234 e. The normalized spacial score (nSPS) is 11.5. The van der Waals surface area contributed by atoms with Gasteiger partial charge in [0.1, 0.15) is 0 Å². The fourth-order valence-corrected chi connectivity index (χ4v) is 5.47. The Hall–Kier alpha value is -3.10. The van der Waals surface area contributed by atoms with Crippen LogP contribution in [-0.4, -0.2) is 24.5 Å². The number of hydrogen-bond donors (Lipinski definition) is 1. The molecule has 8 heteroatoms. The van der Waals surface area contributed by atoms with Gasteiger partial charge in [0.2, 0.25) is 25.2 Å². The summed E-state index contributed by atoms with van der Waals surface area (Å²) >= 11 is 0.863. The van der Waals surface area contributed by atoms with Crippen LogP contribution < -0.4 is 5.32 Å². The molecule has 4 aromatic rings. The Morgan fingerprint density at radius 1 is 0.967 bits per heavy atom. The fourth-order valence-electron chi connectivity index (χ4n) is 3.13. The van der Waals surface area contributed by atoms with Gasteiger partial charge in [0, 0.05) is 0 Å². The highest BCUT2D eigenvalue weighted by atomic mass is 32.2. The summed E-state index contributed by atoms with van der Waals surface area (Å²) in [6.45, 7) is 1.94. The predicted octanol–water partition coefficient (Wildman–Crippen LogP) is 4.15. The van der Waals surface area contributed by atoms with Crippen LogP contribution in [-0.2, 0) is 26.8 Å². The highest BCUT2D eigenvalue weighted by molar-refractivity contribution is 7.92. The fraction of sp³-hybridized carbons (Fsp3) is 0.136. The number of anilines is 1. The van der Waals surface area contributed by atoms with Crippen LogP contribution in [0.15, 0.2) is 71.1 Å². The number of carbonyl (C=O) groups is 1. The number of sulfone groups is 1. The molecule has 0 aliphatic rings. The van der Waals surface area contributed by atoms with Crippen LogP contribution in [0.4, 0.5) is 5.13 Å². The van der Waals surface area contributed by atoms with E-state index in [0.717, 1.165) is 33.2 Å². The van der Waals surface area contributed by atoms with E-state index >= 15 is 0 Å². The molecule has 4 rings (SSSR count). The van der Waals surface area contributed by atoms with E-state index in [1.807, 2.05) is 61.5 Å². The van der Waals surface area contributed by atoms with Crippen molar-refractivity contribution in [2.24, 2.45) is 0 Å². The van der Waals surface area contributed by atoms with E-state index < -0.39 is 9.84 Å². The minimum Gasteiger partial charge on any atom is -0.300 e. The smallest absolute Gasteiger partial charge is 0.234 e. The minimum atomic E-state index is -3.64. The van der Waals surface area contributed by atoms with E-state index in [2.05, 4.69) is 15.5 Å². The third-order valence-corrected chi connectivity index (χ3v) is 7.60. The Balaban J connectivity index is 1.46. The van der Waals surface area contributed by atoms with Crippen molar-refractivity contribution in [2.45, 2.75) is 23.4 Å². The lowest BCUT2D eigenvalue weighted by molar-refractivity contribution is -0.115. The van der Waals surface area contributed by atoms with Crippen molar-refractivity contribution in [3.63, 3.8) is 0 Å². The van der Waals surface area contributed by atoms with Gasteiger partial charge in [0.15, 0.2) is 0 Å². The topological polar surface area (TPSA) is 89.0 Å². The molecule has 0 saturated heterocycles. The molecule has 0 unspecified atom stereocenters. The van der Waals surface area contributed by atoms with E-state index in [1.54, 1.807) is 12.1 Å². The van der Waals surface area contributed by atoms with Gasteiger partial charge in [0.05, 0.1) is 12.2 Å². The monoisotopic (exact) mass is 437 g/mol. The summed E-state index contributed by atoms with van der Waals surface area (Å²) in [7, 11) is -3.64. The Morgan fingerprint density at radius 3 is 2.50 bits per heavy atom. The number of benzene rings is 3. The molecule has 0 bridgehead atoms. The Kier molecular flexibility index (Phi) is 5.61. The van der Waals surface area contributed by atoms with E-state index in [0.29, 0.717) is 5.56 Å². The van der Waals surface area contributed by atoms with Gasteiger partial charge >= 0.3 is 0 Å². The quantitative estimate of drug-likeness (QED) is 0.458. The molecular formula is C22H19N3O3S2. The number of aryl methyl sites for hydroxylation is 1. The lowest BCUT2D eigenvalue weighted by atomic mass is 10.0. The van der Waals surface area contributed by atoms with Crippen LogP contribution >= 0.6 is 11.3 Å². The number of carbonyl (C=O) groups excluding carboxylic acids is 1. The van der Waals surface area contributed by atoms with E-state index in [9.17, 15) is 13.2 Å². The Morgan fingerprint density at radius 2 is 1.70 bits per heavy atom. The Labute approximate surface area is 178 Å². The number of aromatic nitrogens is 2. The molecule has 1 amide bonds. The standard InChI is InChI=1S/C22H19N3O3S2/c1-15-9-11-16(12-10-15)14-30(27,28)22-25-24-21(29-22)23-20(26)13-18-7-4-6-17-5-2-3-8-19(17)18/h2-12H,13-14H2,1H3,(H,23,24,26). The second kappa shape index (κ2) is 8.33. The van der Waals surface area contributed by atoms with Crippen LogP contribution in [0.5, 0.6) is 0 Å². The molecule has 0 saturated carbocycles. The van der Waals surface area contributed by atoms with Gasteiger partial charge in [-0.25, -0.2) is 8.42 Å². The van der Waals surface area contributed by atoms with Crippen LogP contribution in [0.2, 0.25) is 0 Å². The van der Waals surface area contributed by atoms with E-state index in [-0.39, 0.29) is 27.6 Å². The summed E-state index contributed by atoms with van der Waals surface area (Å²) in [5.41, 5.74) is 2.63. The number of nitrogens with zero attached hydrogens (tertiary/aromatic N) is 2. The summed E-state index contributed by atoms with van der Waals surface area (Å²) in [5.74, 6) is -0.434. The molecule has 30 heavy (non-hydrogen) atoms. The summed E-state index contributed by atoms with van der Waals surface area (Å²) < 4.78 is 25.1. The van der Waals surface area contributed by atoms with Crippen molar-refractivity contribution in [1.29, 1.82) is 0 Å². The van der Waals surface area contributed by atoms with E-state index in [1.165, 1.54) is 0 Å². The molecule has 0 fully saturated rings. The lowest BCUT2D eigenvalue weighted by Gasteiger charge is -2.06. The van der Waals surface area contributed by atoms with Crippen molar-refractivity contribution in [1.82, 2.24) is 10.2 Å². The molecule has 3 aromatic carbocycles. The van der Waals surface area contributed by atoms with Gasteiger partial charge in [-0.1, -0.05) is 83.6 Å². The molecular weight excluding hydrogens is 418 g/mol. The largest absolute Gasteiger partial charge is 0.300 e. The van der Waals surface area contributed by atoms with Crippen LogP contribution in [0, 0.1) is 6.92 Å². The van der Waals surface area contributed by atoms with Crippen molar-refractivity contribution >= 4 is 43.0 Å². The number of hydrogen-bond acceptors (Lipinski definition) is 6. The van der Waals surface area contributed by atoms with Gasteiger partial charge in [-0.15, -0.1) is 10.2 Å². The SMILES string of the molecule is Cc1ccc(CS(=O)(=O)c2nnc(NC(=O)Cc3cccc4ccccc34)s2)cc1. The van der Waals surface area contributed by atoms with Gasteiger partial charge in [-0.05, 0) is 28.8 Å². The maximum atomic E-state index is 12.6. The highest BCUT2D eigenvalue weighted by Crippen LogP contribution is 2.24. The number of fused-ring (bicyclic) bond motifs is 1. The molecule has 1 N–H and O–H groups in total. The molecule has 6 nitrogen and oxygen atoms in total. The Bertz CT molecular complexity index is 1310. The van der Waals surface area contributed by atoms with Crippen molar-refractivity contribution < 1.29 is 13.2 Å². The van der Waals surface area contributed by atoms with Crippen molar-refractivity contribution in [2.75, 3.05) is 5.32 Å². The molecule has 152 valence electrons. The number of rotatable bonds is 6. The number of amides is 1. The van der Waals surface area contributed by atoms with Gasteiger partial charge in [-0.2, -0.15) is 0 Å². The first kappa shape index (κ1) is 20.2. The van der Waals surface area contributed by atoms with Crippen LogP contribution in [0.25, 0.3) is 10.8 Å². The average Bonchev–Trinajstić information content (AvgIpc) is 3.19. The second-order valence-electron chi connectivity index (χ2n) is 6.98. The minimum absolute atomic E-state index is 0.108. The molecule has 0 aliphatic carbocycles. The summed E-state index contributed by atoms with van der Waals surface area (Å²) in [4.78, 5) is 12.5. The first-order chi connectivity index (χ1) is 14.4. The van der Waals surface area contributed by atoms with E-state index in [4.69, 9.17) is 0 Å². The highest BCUT2D eigenvalue weighted by Gasteiger charge is 2.22. The molecule has 0 atom stereocenters. The lowest BCUT2D eigenvalue weighted by Crippen LogP contribution is -2.14. The molecule has 0 radical (unpaired) electrons. The first-order valence-electron chi connectivity index (χ1n) is 9.29. The van der Waals surface area contributed by atoms with Gasteiger partial charge in [0.25, 0.3) is 0 Å². The second-order valence-corrected chi connectivity index (χ2v) is 10.1. The summed E-state index contributed by atoms with van der Waals surface area (Å²) in [5, 5.41) is 12.5. The van der Waals surface area contributed by atoms with Gasteiger partial charge < -0.3 is 5.32 Å². The van der Waals surface area contributed by atoms with Crippen LogP contribution in [0.1, 0.15) is 16.7 Å². The zero-order valence-electron chi connectivity index (χ0n) is 16.2. The molecule has 1 aromatic heterocycles. The van der Waals surface area contributed by atoms with Crippen LogP contribution in [0.3, 0.4) is 0 Å². The average molecular weight is 438 g/mol. The summed E-state index contributed by atoms with van der Waals surface area (Å²) in [6.07, 6.45) is 0.159. The third kappa shape index (κ3) is 4.55. The molecule has 0 spiro atoms. The molecule has 0 aliphatic heterocycles. The predicted molar refractivity (Wildman–Crippen MR) is 118 cm³/mol. The zero-order chi connectivity index (χ0) is 21.1. The third-order valence-electron chi connectivity index (χ3n) is 4.63. The van der Waals surface area contributed by atoms with Gasteiger partial charge in [-0.3, -0.25) is 4.79 Å². The maximum absolute atomic E-state index is 12.6. The van der Waals surface area contributed by atoms with Crippen molar-refractivity contribution in [3.8, 4) is 0 Å². The zero-order valence-corrected chi connectivity index (χ0v) is 17.8. The first-order valence-corrected chi connectivity index (χ1v) is 11.8.